The molecular formula is C14H19FN2O2. The highest BCUT2D eigenvalue weighted by Crippen LogP contribution is 2.19. The molecule has 0 spiro atoms. The van der Waals surface area contributed by atoms with E-state index in [-0.39, 0.29) is 11.9 Å². The molecule has 1 saturated carbocycles. The standard InChI is InChI=1S/C14H19FN2O2/c15-11-3-1-10(2-4-11)9-16-12-5-7-13(8-6-12)17-14(18)19/h1-4,12-13,16-17H,5-9H2,(H,18,19)/t12-,13-. The van der Waals surface area contributed by atoms with Crippen LogP contribution in [0.15, 0.2) is 24.3 Å². The lowest BCUT2D eigenvalue weighted by Crippen LogP contribution is -2.41. The number of benzene rings is 1. The summed E-state index contributed by atoms with van der Waals surface area (Å²) in [5.41, 5.74) is 1.06. The van der Waals surface area contributed by atoms with E-state index in [1.54, 1.807) is 12.1 Å². The van der Waals surface area contributed by atoms with E-state index in [1.807, 2.05) is 0 Å². The summed E-state index contributed by atoms with van der Waals surface area (Å²) in [6.07, 6.45) is 2.72. The Kier molecular flexibility index (Phi) is 4.74. The molecule has 0 aliphatic heterocycles. The van der Waals surface area contributed by atoms with E-state index in [4.69, 9.17) is 5.11 Å². The maximum absolute atomic E-state index is 12.8. The third kappa shape index (κ3) is 4.52. The van der Waals surface area contributed by atoms with Crippen molar-refractivity contribution in [1.82, 2.24) is 10.6 Å². The molecule has 0 aromatic heterocycles. The first-order valence-corrected chi connectivity index (χ1v) is 6.61. The fourth-order valence-corrected chi connectivity index (χ4v) is 2.48. The number of carboxylic acid groups (broad SMARTS) is 1. The number of nitrogens with one attached hydrogen (secondary N) is 2. The summed E-state index contributed by atoms with van der Waals surface area (Å²) < 4.78 is 12.8. The average Bonchev–Trinajstić information content (AvgIpc) is 2.39. The Hall–Kier alpha value is -1.62. The maximum Gasteiger partial charge on any atom is 0.404 e. The molecule has 2 rings (SSSR count). The molecule has 3 N–H and O–H groups in total. The first-order valence-electron chi connectivity index (χ1n) is 6.61. The Morgan fingerprint density at radius 2 is 1.74 bits per heavy atom. The summed E-state index contributed by atoms with van der Waals surface area (Å²) in [5.74, 6) is -0.219. The Bertz CT molecular complexity index is 414. The van der Waals surface area contributed by atoms with Crippen molar-refractivity contribution in [1.29, 1.82) is 0 Å². The van der Waals surface area contributed by atoms with Crippen LogP contribution in [0.2, 0.25) is 0 Å². The highest BCUT2D eigenvalue weighted by atomic mass is 19.1. The zero-order valence-corrected chi connectivity index (χ0v) is 10.7. The first kappa shape index (κ1) is 13.8. The lowest BCUT2D eigenvalue weighted by molar-refractivity contribution is 0.183. The fraction of sp³-hybridized carbons (Fsp3) is 0.500. The van der Waals surface area contributed by atoms with Crippen molar-refractivity contribution in [2.45, 2.75) is 44.3 Å². The molecule has 0 unspecified atom stereocenters. The zero-order chi connectivity index (χ0) is 13.7. The summed E-state index contributed by atoms with van der Waals surface area (Å²) >= 11 is 0. The molecule has 0 atom stereocenters. The molecule has 1 aliphatic carbocycles. The van der Waals surface area contributed by atoms with Gasteiger partial charge in [-0.2, -0.15) is 0 Å². The lowest BCUT2D eigenvalue weighted by atomic mass is 9.91. The van der Waals surface area contributed by atoms with Crippen LogP contribution >= 0.6 is 0 Å². The molecule has 0 heterocycles. The van der Waals surface area contributed by atoms with Crippen LogP contribution in [-0.2, 0) is 6.54 Å². The maximum atomic E-state index is 12.8. The number of amides is 1. The summed E-state index contributed by atoms with van der Waals surface area (Å²) in [5, 5.41) is 14.6. The molecule has 0 radical (unpaired) electrons. The molecule has 104 valence electrons. The third-order valence-corrected chi connectivity index (χ3v) is 3.56. The quantitative estimate of drug-likeness (QED) is 0.784. The SMILES string of the molecule is O=C(O)N[C@H]1CC[C@H](NCc2ccc(F)cc2)CC1. The van der Waals surface area contributed by atoms with Crippen molar-refractivity contribution in [2.24, 2.45) is 0 Å². The third-order valence-electron chi connectivity index (χ3n) is 3.56. The average molecular weight is 266 g/mol. The monoisotopic (exact) mass is 266 g/mol. The number of rotatable bonds is 4. The molecule has 1 fully saturated rings. The van der Waals surface area contributed by atoms with Crippen LogP contribution < -0.4 is 10.6 Å². The summed E-state index contributed by atoms with van der Waals surface area (Å²) in [4.78, 5) is 10.5. The minimum absolute atomic E-state index is 0.0846. The second-order valence-corrected chi connectivity index (χ2v) is 5.01. The molecule has 1 aliphatic rings. The lowest BCUT2D eigenvalue weighted by Gasteiger charge is -2.29. The Morgan fingerprint density at radius 1 is 1.16 bits per heavy atom. The second kappa shape index (κ2) is 6.52. The molecule has 1 amide bonds. The zero-order valence-electron chi connectivity index (χ0n) is 10.7. The van der Waals surface area contributed by atoms with Gasteiger partial charge in [-0.3, -0.25) is 0 Å². The molecule has 4 nitrogen and oxygen atoms in total. The molecule has 0 saturated heterocycles. The molecule has 19 heavy (non-hydrogen) atoms. The Labute approximate surface area is 112 Å². The minimum atomic E-state index is -0.942. The van der Waals surface area contributed by atoms with Crippen molar-refractivity contribution >= 4 is 6.09 Å². The van der Waals surface area contributed by atoms with Crippen LogP contribution in [-0.4, -0.2) is 23.3 Å². The van der Waals surface area contributed by atoms with Gasteiger partial charge in [0.2, 0.25) is 0 Å². The fourth-order valence-electron chi connectivity index (χ4n) is 2.48. The number of carbonyl (C=O) groups is 1. The second-order valence-electron chi connectivity index (χ2n) is 5.01. The van der Waals surface area contributed by atoms with Crippen molar-refractivity contribution in [2.75, 3.05) is 0 Å². The van der Waals surface area contributed by atoms with Gasteiger partial charge in [0.25, 0.3) is 0 Å². The van der Waals surface area contributed by atoms with E-state index in [2.05, 4.69) is 10.6 Å². The van der Waals surface area contributed by atoms with Gasteiger partial charge in [0, 0.05) is 18.6 Å². The molecular weight excluding hydrogens is 247 g/mol. The van der Waals surface area contributed by atoms with Crippen molar-refractivity contribution in [3.05, 3.63) is 35.6 Å². The van der Waals surface area contributed by atoms with E-state index >= 15 is 0 Å². The number of hydrogen-bond acceptors (Lipinski definition) is 2. The van der Waals surface area contributed by atoms with Gasteiger partial charge in [-0.15, -0.1) is 0 Å². The summed E-state index contributed by atoms with van der Waals surface area (Å²) in [6.45, 7) is 0.724. The van der Waals surface area contributed by atoms with Crippen molar-refractivity contribution in [3.63, 3.8) is 0 Å². The largest absolute Gasteiger partial charge is 0.465 e. The topological polar surface area (TPSA) is 61.4 Å². The van der Waals surface area contributed by atoms with Crippen LogP contribution in [0.5, 0.6) is 0 Å². The normalized spacial score (nSPS) is 23.0. The van der Waals surface area contributed by atoms with E-state index < -0.39 is 6.09 Å². The predicted octanol–water partition coefficient (Wildman–Crippen LogP) is 2.49. The Morgan fingerprint density at radius 3 is 2.32 bits per heavy atom. The highest BCUT2D eigenvalue weighted by Gasteiger charge is 2.21. The van der Waals surface area contributed by atoms with E-state index in [0.29, 0.717) is 6.04 Å². The molecule has 5 heteroatoms. The van der Waals surface area contributed by atoms with Crippen LogP contribution in [0.25, 0.3) is 0 Å². The predicted molar refractivity (Wildman–Crippen MR) is 70.4 cm³/mol. The minimum Gasteiger partial charge on any atom is -0.465 e. The van der Waals surface area contributed by atoms with Gasteiger partial charge in [-0.25, -0.2) is 9.18 Å². The van der Waals surface area contributed by atoms with Gasteiger partial charge in [0.15, 0.2) is 0 Å². The summed E-state index contributed by atoms with van der Waals surface area (Å²) in [7, 11) is 0. The van der Waals surface area contributed by atoms with Crippen LogP contribution in [0.1, 0.15) is 31.2 Å². The van der Waals surface area contributed by atoms with Crippen molar-refractivity contribution < 1.29 is 14.3 Å². The molecule has 1 aromatic carbocycles. The van der Waals surface area contributed by atoms with Gasteiger partial charge in [0.1, 0.15) is 5.82 Å². The number of hydrogen-bond donors (Lipinski definition) is 3. The van der Waals surface area contributed by atoms with Gasteiger partial charge < -0.3 is 15.7 Å². The highest BCUT2D eigenvalue weighted by molar-refractivity contribution is 5.64. The summed E-state index contributed by atoms with van der Waals surface area (Å²) in [6, 6.07) is 6.98. The van der Waals surface area contributed by atoms with E-state index in [0.717, 1.165) is 37.8 Å². The molecule has 1 aromatic rings. The van der Waals surface area contributed by atoms with Crippen LogP contribution in [0, 0.1) is 5.82 Å². The van der Waals surface area contributed by atoms with Gasteiger partial charge >= 0.3 is 6.09 Å². The van der Waals surface area contributed by atoms with E-state index in [9.17, 15) is 9.18 Å². The number of halogens is 1. The molecule has 0 bridgehead atoms. The van der Waals surface area contributed by atoms with Crippen LogP contribution in [0.4, 0.5) is 9.18 Å². The van der Waals surface area contributed by atoms with Gasteiger partial charge in [-0.1, -0.05) is 12.1 Å². The van der Waals surface area contributed by atoms with Crippen molar-refractivity contribution in [3.8, 4) is 0 Å². The smallest absolute Gasteiger partial charge is 0.404 e. The first-order chi connectivity index (χ1) is 9.13. The Balaban J connectivity index is 1.71. The van der Waals surface area contributed by atoms with Gasteiger partial charge in [0.05, 0.1) is 0 Å². The van der Waals surface area contributed by atoms with Crippen LogP contribution in [0.3, 0.4) is 0 Å². The van der Waals surface area contributed by atoms with E-state index in [1.165, 1.54) is 12.1 Å². The van der Waals surface area contributed by atoms with Gasteiger partial charge in [-0.05, 0) is 43.4 Å².